The van der Waals surface area contributed by atoms with E-state index in [-0.39, 0.29) is 23.3 Å². The fraction of sp³-hybridized carbons (Fsp3) is 0.333. The van der Waals surface area contributed by atoms with Gasteiger partial charge in [0.25, 0.3) is 10.0 Å². The second-order valence-corrected chi connectivity index (χ2v) is 12.9. The number of anilines is 1. The molecule has 208 valence electrons. The summed E-state index contributed by atoms with van der Waals surface area (Å²) in [5.41, 5.74) is 3.18. The van der Waals surface area contributed by atoms with Crippen molar-refractivity contribution in [1.82, 2.24) is 10.2 Å². The predicted molar refractivity (Wildman–Crippen MR) is 159 cm³/mol. The van der Waals surface area contributed by atoms with Crippen molar-refractivity contribution in [2.24, 2.45) is 5.92 Å². The fourth-order valence-corrected chi connectivity index (χ4v) is 5.58. The molecule has 0 heterocycles. The molecule has 9 heteroatoms. The number of nitrogens with zero attached hydrogens (tertiary/aromatic N) is 2. The maximum Gasteiger partial charge on any atom is 0.264 e. The SMILES string of the molecule is Cc1ccc(CN(C(=O)CN(c2ccc(Br)cc2)S(=O)(=O)c2ccc(C)cc2)C(C)C(=O)NCC(C)C)cc1. The molecule has 0 aromatic heterocycles. The number of carbonyl (C=O) groups excluding carboxylic acids is 2. The Morgan fingerprint density at radius 1 is 0.846 bits per heavy atom. The average molecular weight is 615 g/mol. The minimum absolute atomic E-state index is 0.0802. The van der Waals surface area contributed by atoms with Gasteiger partial charge in [-0.2, -0.15) is 0 Å². The molecule has 3 aromatic carbocycles. The highest BCUT2D eigenvalue weighted by Gasteiger charge is 2.32. The van der Waals surface area contributed by atoms with E-state index in [4.69, 9.17) is 0 Å². The van der Waals surface area contributed by atoms with Crippen LogP contribution in [0.1, 0.15) is 37.5 Å². The summed E-state index contributed by atoms with van der Waals surface area (Å²) in [5.74, 6) is -0.530. The Morgan fingerprint density at radius 2 is 1.38 bits per heavy atom. The highest BCUT2D eigenvalue weighted by Crippen LogP contribution is 2.26. The first-order chi connectivity index (χ1) is 18.4. The van der Waals surface area contributed by atoms with Gasteiger partial charge in [0.2, 0.25) is 11.8 Å². The lowest BCUT2D eigenvalue weighted by Crippen LogP contribution is -2.51. The molecule has 0 radical (unpaired) electrons. The molecule has 0 bridgehead atoms. The zero-order valence-electron chi connectivity index (χ0n) is 23.0. The molecule has 3 rings (SSSR count). The smallest absolute Gasteiger partial charge is 0.264 e. The van der Waals surface area contributed by atoms with Gasteiger partial charge in [-0.3, -0.25) is 13.9 Å². The summed E-state index contributed by atoms with van der Waals surface area (Å²) in [5, 5.41) is 2.89. The molecule has 7 nitrogen and oxygen atoms in total. The van der Waals surface area contributed by atoms with Crippen molar-refractivity contribution in [3.8, 4) is 0 Å². The highest BCUT2D eigenvalue weighted by atomic mass is 79.9. The van der Waals surface area contributed by atoms with Crippen LogP contribution in [-0.2, 0) is 26.2 Å². The predicted octanol–water partition coefficient (Wildman–Crippen LogP) is 5.45. The van der Waals surface area contributed by atoms with E-state index in [1.54, 1.807) is 43.3 Å². The number of sulfonamides is 1. The standard InChI is InChI=1S/C30H36BrN3O4S/c1-21(2)18-32-30(36)24(5)33(19-25-10-6-22(3)7-11-25)29(35)20-34(27-14-12-26(31)13-15-27)39(37,38)28-16-8-23(4)9-17-28/h6-17,21,24H,18-20H2,1-5H3,(H,32,36). The molecule has 0 aliphatic carbocycles. The molecular weight excluding hydrogens is 578 g/mol. The van der Waals surface area contributed by atoms with Crippen LogP contribution in [0.5, 0.6) is 0 Å². The Labute approximate surface area is 240 Å². The largest absolute Gasteiger partial charge is 0.354 e. The number of amides is 2. The van der Waals surface area contributed by atoms with Crippen LogP contribution < -0.4 is 9.62 Å². The van der Waals surface area contributed by atoms with E-state index >= 15 is 0 Å². The van der Waals surface area contributed by atoms with Crippen molar-refractivity contribution < 1.29 is 18.0 Å². The van der Waals surface area contributed by atoms with Gasteiger partial charge >= 0.3 is 0 Å². The molecule has 0 saturated carbocycles. The van der Waals surface area contributed by atoms with E-state index < -0.39 is 28.5 Å². The molecule has 0 aliphatic rings. The van der Waals surface area contributed by atoms with Gasteiger partial charge in [-0.05, 0) is 68.7 Å². The number of aryl methyl sites for hydroxylation is 2. The summed E-state index contributed by atoms with van der Waals surface area (Å²) < 4.78 is 29.5. The van der Waals surface area contributed by atoms with Gasteiger partial charge in [0.15, 0.2) is 0 Å². The van der Waals surface area contributed by atoms with E-state index in [0.717, 1.165) is 25.5 Å². The van der Waals surface area contributed by atoms with Crippen LogP contribution in [-0.4, -0.2) is 44.3 Å². The Bertz CT molecular complexity index is 1370. The number of carbonyl (C=O) groups is 2. The van der Waals surface area contributed by atoms with Crippen molar-refractivity contribution in [3.63, 3.8) is 0 Å². The minimum Gasteiger partial charge on any atom is -0.354 e. The lowest BCUT2D eigenvalue weighted by molar-refractivity contribution is -0.139. The molecule has 3 aromatic rings. The summed E-state index contributed by atoms with van der Waals surface area (Å²) >= 11 is 3.39. The summed E-state index contributed by atoms with van der Waals surface area (Å²) in [6.07, 6.45) is 0. The summed E-state index contributed by atoms with van der Waals surface area (Å²) in [4.78, 5) is 28.5. The van der Waals surface area contributed by atoms with E-state index in [2.05, 4.69) is 21.2 Å². The van der Waals surface area contributed by atoms with Crippen molar-refractivity contribution in [2.75, 3.05) is 17.4 Å². The maximum absolute atomic E-state index is 13.9. The van der Waals surface area contributed by atoms with Crippen molar-refractivity contribution in [3.05, 3.63) is 94.0 Å². The van der Waals surface area contributed by atoms with Crippen LogP contribution in [0.2, 0.25) is 0 Å². The third-order valence-corrected chi connectivity index (χ3v) is 8.64. The number of hydrogen-bond donors (Lipinski definition) is 1. The molecule has 1 atom stereocenters. The Morgan fingerprint density at radius 3 is 1.92 bits per heavy atom. The molecule has 39 heavy (non-hydrogen) atoms. The van der Waals surface area contributed by atoms with Gasteiger partial charge in [-0.15, -0.1) is 0 Å². The number of halogens is 1. The van der Waals surface area contributed by atoms with Crippen LogP contribution in [0.25, 0.3) is 0 Å². The second-order valence-electron chi connectivity index (χ2n) is 10.1. The summed E-state index contributed by atoms with van der Waals surface area (Å²) in [6, 6.07) is 20.1. The summed E-state index contributed by atoms with van der Waals surface area (Å²) in [7, 11) is -4.09. The van der Waals surface area contributed by atoms with E-state index in [0.29, 0.717) is 12.2 Å². The molecule has 2 amide bonds. The lowest BCUT2D eigenvalue weighted by atomic mass is 10.1. The molecular formula is C30H36BrN3O4S. The zero-order valence-corrected chi connectivity index (χ0v) is 25.4. The third-order valence-electron chi connectivity index (χ3n) is 6.33. The van der Waals surface area contributed by atoms with Crippen molar-refractivity contribution in [2.45, 2.75) is 52.1 Å². The summed E-state index contributed by atoms with van der Waals surface area (Å²) in [6.45, 7) is 9.67. The Balaban J connectivity index is 2.00. The van der Waals surface area contributed by atoms with Gasteiger partial charge in [0.05, 0.1) is 10.6 Å². The number of nitrogens with one attached hydrogen (secondary N) is 1. The van der Waals surface area contributed by atoms with Crippen LogP contribution in [0.4, 0.5) is 5.69 Å². The molecule has 1 N–H and O–H groups in total. The first-order valence-electron chi connectivity index (χ1n) is 12.9. The minimum atomic E-state index is -4.09. The molecule has 0 aliphatic heterocycles. The molecule has 0 spiro atoms. The van der Waals surface area contributed by atoms with Gasteiger partial charge in [-0.25, -0.2) is 8.42 Å². The second kappa shape index (κ2) is 13.3. The number of benzene rings is 3. The Hall–Kier alpha value is -3.17. The molecule has 1 unspecified atom stereocenters. The van der Waals surface area contributed by atoms with Gasteiger partial charge in [0.1, 0.15) is 12.6 Å². The maximum atomic E-state index is 13.9. The van der Waals surface area contributed by atoms with Gasteiger partial charge in [0, 0.05) is 17.6 Å². The van der Waals surface area contributed by atoms with Crippen LogP contribution in [0.3, 0.4) is 0 Å². The molecule has 0 fully saturated rings. The van der Waals surface area contributed by atoms with Crippen LogP contribution in [0.15, 0.2) is 82.2 Å². The number of hydrogen-bond acceptors (Lipinski definition) is 4. The van der Waals surface area contributed by atoms with E-state index in [1.165, 1.54) is 17.0 Å². The zero-order chi connectivity index (χ0) is 28.7. The normalized spacial score (nSPS) is 12.2. The molecule has 0 saturated heterocycles. The first-order valence-corrected chi connectivity index (χ1v) is 15.1. The van der Waals surface area contributed by atoms with Crippen LogP contribution >= 0.6 is 15.9 Å². The van der Waals surface area contributed by atoms with E-state index in [9.17, 15) is 18.0 Å². The fourth-order valence-electron chi connectivity index (χ4n) is 3.90. The van der Waals surface area contributed by atoms with Gasteiger partial charge in [-0.1, -0.05) is 77.3 Å². The monoisotopic (exact) mass is 613 g/mol. The lowest BCUT2D eigenvalue weighted by Gasteiger charge is -2.32. The highest BCUT2D eigenvalue weighted by molar-refractivity contribution is 9.10. The van der Waals surface area contributed by atoms with E-state index in [1.807, 2.05) is 52.0 Å². The first kappa shape index (κ1) is 30.4. The average Bonchev–Trinajstić information content (AvgIpc) is 2.90. The van der Waals surface area contributed by atoms with Crippen molar-refractivity contribution >= 4 is 43.5 Å². The third kappa shape index (κ3) is 8.16. The number of rotatable bonds is 11. The topological polar surface area (TPSA) is 86.8 Å². The van der Waals surface area contributed by atoms with Crippen molar-refractivity contribution in [1.29, 1.82) is 0 Å². The van der Waals surface area contributed by atoms with Crippen LogP contribution in [0, 0.1) is 19.8 Å². The Kier molecular flexibility index (Phi) is 10.3. The quantitative estimate of drug-likeness (QED) is 0.311. The van der Waals surface area contributed by atoms with Gasteiger partial charge < -0.3 is 10.2 Å².